The van der Waals surface area contributed by atoms with Crippen LogP contribution in [0.2, 0.25) is 5.02 Å². The predicted octanol–water partition coefficient (Wildman–Crippen LogP) is 4.70. The number of aromatic nitrogens is 5. The van der Waals surface area contributed by atoms with Gasteiger partial charge in [-0.05, 0) is 55.8 Å². The number of nitrogens with one attached hydrogen (secondary N) is 3. The second-order valence-corrected chi connectivity index (χ2v) is 8.31. The lowest BCUT2D eigenvalue weighted by Crippen LogP contribution is -2.26. The largest absolute Gasteiger partial charge is 0.338 e. The van der Waals surface area contributed by atoms with Crippen molar-refractivity contribution in [2.75, 3.05) is 24.2 Å². The highest BCUT2D eigenvalue weighted by atomic mass is 35.5. The van der Waals surface area contributed by atoms with E-state index in [-0.39, 0.29) is 0 Å². The summed E-state index contributed by atoms with van der Waals surface area (Å²) in [4.78, 5) is 15.7. The number of anilines is 4. The van der Waals surface area contributed by atoms with Crippen LogP contribution in [0.25, 0.3) is 11.4 Å². The molecule has 162 valence electrons. The number of H-pyrrole nitrogens is 1. The van der Waals surface area contributed by atoms with Crippen LogP contribution in [0.1, 0.15) is 17.0 Å². The van der Waals surface area contributed by atoms with Crippen LogP contribution >= 0.6 is 11.6 Å². The Morgan fingerprint density at radius 3 is 2.78 bits per heavy atom. The number of likely N-dealkylation sites (N-methyl/N-ethyl adjacent to an activating group) is 1. The van der Waals surface area contributed by atoms with E-state index in [2.05, 4.69) is 65.9 Å². The highest BCUT2D eigenvalue weighted by Gasteiger charge is 2.15. The molecule has 1 aliphatic heterocycles. The molecule has 5 rings (SSSR count). The lowest BCUT2D eigenvalue weighted by atomic mass is 9.99. The first kappa shape index (κ1) is 20.4. The number of rotatable bonds is 5. The first-order valence-corrected chi connectivity index (χ1v) is 10.8. The Hall–Kier alpha value is -3.49. The monoisotopic (exact) mass is 446 g/mol. The third-order valence-corrected chi connectivity index (χ3v) is 5.70. The number of hydrogen-bond acceptors (Lipinski definition) is 7. The molecule has 0 aliphatic carbocycles. The molecule has 0 fully saturated rings. The molecule has 4 aromatic rings. The molecule has 9 heteroatoms. The topological polar surface area (TPSA) is 94.7 Å². The van der Waals surface area contributed by atoms with Crippen molar-refractivity contribution in [2.45, 2.75) is 19.9 Å². The summed E-state index contributed by atoms with van der Waals surface area (Å²) in [6.45, 7) is 3.89. The molecule has 32 heavy (non-hydrogen) atoms. The SMILES string of the molecule is Cc1nc(-c2ccccc2Nc2nc(Nc3ccc4c(c3)CN(C)CC4)ncc2Cl)n[nH]1. The van der Waals surface area contributed by atoms with Crippen molar-refractivity contribution in [3.63, 3.8) is 0 Å². The number of halogens is 1. The van der Waals surface area contributed by atoms with Gasteiger partial charge in [-0.2, -0.15) is 10.1 Å². The molecule has 8 nitrogen and oxygen atoms in total. The van der Waals surface area contributed by atoms with E-state index in [1.807, 2.05) is 31.2 Å². The zero-order chi connectivity index (χ0) is 22.1. The average molecular weight is 447 g/mol. The molecule has 2 aromatic heterocycles. The zero-order valence-electron chi connectivity index (χ0n) is 17.9. The summed E-state index contributed by atoms with van der Waals surface area (Å²) in [6, 6.07) is 14.2. The van der Waals surface area contributed by atoms with Gasteiger partial charge in [-0.3, -0.25) is 5.10 Å². The molecule has 3 N–H and O–H groups in total. The molecule has 0 saturated carbocycles. The number of aromatic amines is 1. The fourth-order valence-corrected chi connectivity index (χ4v) is 3.94. The Morgan fingerprint density at radius 2 is 1.94 bits per heavy atom. The third-order valence-electron chi connectivity index (χ3n) is 5.43. The minimum absolute atomic E-state index is 0.420. The molecule has 1 aliphatic rings. The van der Waals surface area contributed by atoms with Gasteiger partial charge in [-0.1, -0.05) is 29.8 Å². The maximum atomic E-state index is 6.40. The normalized spacial score (nSPS) is 13.6. The highest BCUT2D eigenvalue weighted by molar-refractivity contribution is 6.33. The molecule has 0 unspecified atom stereocenters. The van der Waals surface area contributed by atoms with Gasteiger partial charge in [-0.25, -0.2) is 9.97 Å². The Bertz CT molecular complexity index is 1270. The van der Waals surface area contributed by atoms with E-state index < -0.39 is 0 Å². The summed E-state index contributed by atoms with van der Waals surface area (Å²) in [5, 5.41) is 14.2. The van der Waals surface area contributed by atoms with E-state index in [1.165, 1.54) is 11.1 Å². The first-order chi connectivity index (χ1) is 15.5. The molecule has 0 spiro atoms. The van der Waals surface area contributed by atoms with Crippen molar-refractivity contribution in [1.29, 1.82) is 0 Å². The number of para-hydroxylation sites is 1. The van der Waals surface area contributed by atoms with Gasteiger partial charge in [0, 0.05) is 24.3 Å². The van der Waals surface area contributed by atoms with Crippen molar-refractivity contribution in [1.82, 2.24) is 30.0 Å². The second-order valence-electron chi connectivity index (χ2n) is 7.90. The van der Waals surface area contributed by atoms with Crippen LogP contribution in [0.3, 0.4) is 0 Å². The maximum absolute atomic E-state index is 6.40. The van der Waals surface area contributed by atoms with Crippen molar-refractivity contribution in [2.24, 2.45) is 0 Å². The first-order valence-electron chi connectivity index (χ1n) is 10.4. The molecule has 0 radical (unpaired) electrons. The van der Waals surface area contributed by atoms with Crippen LogP contribution in [0, 0.1) is 6.92 Å². The van der Waals surface area contributed by atoms with Gasteiger partial charge in [0.2, 0.25) is 5.95 Å². The fraction of sp³-hybridized carbons (Fsp3) is 0.217. The lowest BCUT2D eigenvalue weighted by Gasteiger charge is -2.25. The average Bonchev–Trinajstić information content (AvgIpc) is 3.22. The number of hydrogen-bond donors (Lipinski definition) is 3. The number of fused-ring (bicyclic) bond motifs is 1. The Kier molecular flexibility index (Phi) is 5.46. The Balaban J connectivity index is 1.40. The maximum Gasteiger partial charge on any atom is 0.229 e. The minimum atomic E-state index is 0.420. The smallest absolute Gasteiger partial charge is 0.229 e. The summed E-state index contributed by atoms with van der Waals surface area (Å²) in [5.74, 6) is 2.32. The summed E-state index contributed by atoms with van der Waals surface area (Å²) in [5.41, 5.74) is 5.32. The standard InChI is InChI=1S/C23H23ClN8/c1-14-26-21(31-30-14)18-5-3-4-6-20(18)28-22-19(24)12-25-23(29-22)27-17-8-7-15-9-10-32(2)13-16(15)11-17/h3-8,11-12H,9-10,13H2,1-2H3,(H,26,30,31)(H2,25,27,28,29). The Morgan fingerprint density at radius 1 is 1.06 bits per heavy atom. The number of nitrogens with zero attached hydrogens (tertiary/aromatic N) is 5. The number of aryl methyl sites for hydroxylation is 1. The molecule has 0 atom stereocenters. The molecular weight excluding hydrogens is 424 g/mol. The summed E-state index contributed by atoms with van der Waals surface area (Å²) < 4.78 is 0. The fourth-order valence-electron chi connectivity index (χ4n) is 3.80. The molecule has 0 bridgehead atoms. The Labute approximate surface area is 191 Å². The van der Waals surface area contributed by atoms with E-state index >= 15 is 0 Å². The predicted molar refractivity (Wildman–Crippen MR) is 127 cm³/mol. The van der Waals surface area contributed by atoms with Crippen molar-refractivity contribution in [3.05, 3.63) is 70.6 Å². The van der Waals surface area contributed by atoms with Gasteiger partial charge >= 0.3 is 0 Å². The molecule has 0 saturated heterocycles. The van der Waals surface area contributed by atoms with E-state index in [1.54, 1.807) is 6.20 Å². The molecule has 3 heterocycles. The van der Waals surface area contributed by atoms with Crippen molar-refractivity contribution >= 4 is 34.7 Å². The van der Waals surface area contributed by atoms with Gasteiger partial charge in [0.1, 0.15) is 10.8 Å². The quantitative estimate of drug-likeness (QED) is 0.409. The third kappa shape index (κ3) is 4.28. The number of benzene rings is 2. The van der Waals surface area contributed by atoms with Crippen molar-refractivity contribution in [3.8, 4) is 11.4 Å². The van der Waals surface area contributed by atoms with Gasteiger partial charge < -0.3 is 15.5 Å². The van der Waals surface area contributed by atoms with E-state index in [9.17, 15) is 0 Å². The van der Waals surface area contributed by atoms with Crippen LogP contribution in [-0.4, -0.2) is 43.6 Å². The zero-order valence-corrected chi connectivity index (χ0v) is 18.6. The highest BCUT2D eigenvalue weighted by Crippen LogP contribution is 2.31. The van der Waals surface area contributed by atoms with Crippen LogP contribution in [0.4, 0.5) is 23.1 Å². The van der Waals surface area contributed by atoms with Gasteiger partial charge in [0.15, 0.2) is 11.6 Å². The second kappa shape index (κ2) is 8.57. The van der Waals surface area contributed by atoms with Gasteiger partial charge in [0.05, 0.1) is 11.9 Å². The lowest BCUT2D eigenvalue weighted by molar-refractivity contribution is 0.313. The van der Waals surface area contributed by atoms with Crippen LogP contribution in [0.15, 0.2) is 48.7 Å². The summed E-state index contributed by atoms with van der Waals surface area (Å²) in [6.07, 6.45) is 2.66. The van der Waals surface area contributed by atoms with Crippen LogP contribution in [0.5, 0.6) is 0 Å². The van der Waals surface area contributed by atoms with Gasteiger partial charge in [0.25, 0.3) is 0 Å². The van der Waals surface area contributed by atoms with E-state index in [0.717, 1.165) is 42.3 Å². The van der Waals surface area contributed by atoms with Crippen molar-refractivity contribution < 1.29 is 0 Å². The molecule has 2 aromatic carbocycles. The van der Waals surface area contributed by atoms with E-state index in [0.29, 0.717) is 22.6 Å². The summed E-state index contributed by atoms with van der Waals surface area (Å²) >= 11 is 6.40. The van der Waals surface area contributed by atoms with Crippen LogP contribution < -0.4 is 10.6 Å². The minimum Gasteiger partial charge on any atom is -0.338 e. The molecular formula is C23H23ClN8. The van der Waals surface area contributed by atoms with E-state index in [4.69, 9.17) is 11.6 Å². The summed E-state index contributed by atoms with van der Waals surface area (Å²) in [7, 11) is 2.14. The molecule has 0 amide bonds. The van der Waals surface area contributed by atoms with Crippen LogP contribution in [-0.2, 0) is 13.0 Å². The van der Waals surface area contributed by atoms with Gasteiger partial charge in [-0.15, -0.1) is 0 Å².